The van der Waals surface area contributed by atoms with Gasteiger partial charge < -0.3 is 24.3 Å². The summed E-state index contributed by atoms with van der Waals surface area (Å²) in [6.07, 6.45) is 0.395. The lowest BCUT2D eigenvalue weighted by molar-refractivity contribution is -0.144. The Morgan fingerprint density at radius 1 is 1.15 bits per heavy atom. The lowest BCUT2D eigenvalue weighted by atomic mass is 9.70. The summed E-state index contributed by atoms with van der Waals surface area (Å²) in [5.41, 5.74) is -0.416. The van der Waals surface area contributed by atoms with E-state index in [0.29, 0.717) is 16.6 Å². The summed E-state index contributed by atoms with van der Waals surface area (Å²) in [5, 5.41) is 20.0. The molecule has 0 spiro atoms. The number of hydrogen-bond donors (Lipinski definition) is 2. The van der Waals surface area contributed by atoms with Crippen molar-refractivity contribution in [2.24, 2.45) is 11.3 Å². The van der Waals surface area contributed by atoms with Gasteiger partial charge in [0.15, 0.2) is 0 Å². The maximum absolute atomic E-state index is 12.5. The third-order valence-corrected chi connectivity index (χ3v) is 6.57. The van der Waals surface area contributed by atoms with Crippen molar-refractivity contribution in [3.63, 3.8) is 0 Å². The number of carbonyl (C=O) groups excluding carboxylic acids is 1. The SMILES string of the molecule is C[C@]1(CC(=O)O)[C@H](COC(=O)c2ccccc2)O[C@@H](n2ccc3c(Cl)ncnc32)[C@@H]1CC(=O)O. The number of carbonyl (C=O) groups is 3. The lowest BCUT2D eigenvalue weighted by Crippen LogP contribution is -2.40. The van der Waals surface area contributed by atoms with Crippen LogP contribution < -0.4 is 0 Å². The van der Waals surface area contributed by atoms with Crippen LogP contribution in [-0.2, 0) is 19.1 Å². The molecule has 178 valence electrons. The molecule has 1 aliphatic heterocycles. The molecule has 0 aliphatic carbocycles. The van der Waals surface area contributed by atoms with Crippen molar-refractivity contribution < 1.29 is 34.1 Å². The number of ether oxygens (including phenoxy) is 2. The summed E-state index contributed by atoms with van der Waals surface area (Å²) >= 11 is 6.16. The van der Waals surface area contributed by atoms with Crippen molar-refractivity contribution in [2.45, 2.75) is 32.1 Å². The van der Waals surface area contributed by atoms with Crippen molar-refractivity contribution in [1.82, 2.24) is 14.5 Å². The summed E-state index contributed by atoms with van der Waals surface area (Å²) in [6, 6.07) is 10.0. The zero-order chi connectivity index (χ0) is 24.5. The van der Waals surface area contributed by atoms with Crippen LogP contribution in [0.4, 0.5) is 0 Å². The van der Waals surface area contributed by atoms with Crippen LogP contribution in [0.2, 0.25) is 5.15 Å². The fourth-order valence-corrected chi connectivity index (χ4v) is 4.71. The zero-order valence-electron chi connectivity index (χ0n) is 18.1. The molecule has 4 atom stereocenters. The number of carboxylic acid groups (broad SMARTS) is 2. The smallest absolute Gasteiger partial charge is 0.338 e. The van der Waals surface area contributed by atoms with E-state index in [1.165, 1.54) is 6.33 Å². The van der Waals surface area contributed by atoms with E-state index < -0.39 is 41.6 Å². The molecular weight excluding hydrogens is 466 g/mol. The number of rotatable bonds is 8. The van der Waals surface area contributed by atoms with Gasteiger partial charge in [0, 0.05) is 17.5 Å². The fraction of sp³-hybridized carbons (Fsp3) is 0.348. The lowest BCUT2D eigenvalue weighted by Gasteiger charge is -2.33. The second-order valence-corrected chi connectivity index (χ2v) is 8.74. The molecule has 11 heteroatoms. The molecule has 0 amide bonds. The molecule has 1 fully saturated rings. The first kappa shape index (κ1) is 23.7. The van der Waals surface area contributed by atoms with Crippen molar-refractivity contribution in [2.75, 3.05) is 6.61 Å². The number of esters is 1. The van der Waals surface area contributed by atoms with E-state index >= 15 is 0 Å². The van der Waals surface area contributed by atoms with E-state index in [1.54, 1.807) is 54.1 Å². The number of aliphatic carboxylic acids is 2. The fourth-order valence-electron chi connectivity index (χ4n) is 4.52. The third-order valence-electron chi connectivity index (χ3n) is 6.27. The van der Waals surface area contributed by atoms with Gasteiger partial charge in [-0.05, 0) is 18.2 Å². The van der Waals surface area contributed by atoms with Crippen LogP contribution >= 0.6 is 11.6 Å². The summed E-state index contributed by atoms with van der Waals surface area (Å²) in [4.78, 5) is 44.3. The van der Waals surface area contributed by atoms with Crippen LogP contribution in [0.15, 0.2) is 48.9 Å². The number of aromatic nitrogens is 3. The van der Waals surface area contributed by atoms with Crippen LogP contribution in [0.5, 0.6) is 0 Å². The molecular formula is C23H22ClN3O7. The second kappa shape index (κ2) is 9.40. The second-order valence-electron chi connectivity index (χ2n) is 8.39. The Morgan fingerprint density at radius 2 is 1.88 bits per heavy atom. The van der Waals surface area contributed by atoms with Crippen LogP contribution in [0.3, 0.4) is 0 Å². The highest BCUT2D eigenvalue weighted by atomic mass is 35.5. The van der Waals surface area contributed by atoms with Gasteiger partial charge in [-0.2, -0.15) is 0 Å². The minimum Gasteiger partial charge on any atom is -0.481 e. The van der Waals surface area contributed by atoms with Crippen molar-refractivity contribution in [1.29, 1.82) is 0 Å². The standard InChI is InChI=1S/C23H22ClN3O7/c1-23(10-18(30)31)15(9-17(28)29)21(27-8-7-14-19(24)25-12-26-20(14)27)34-16(23)11-33-22(32)13-5-3-2-4-6-13/h2-8,12,15-16,21H,9-11H2,1H3,(H,28,29)(H,30,31)/t15-,16-,21+,23+/m0/s1. The Hall–Kier alpha value is -3.50. The molecule has 0 radical (unpaired) electrons. The summed E-state index contributed by atoms with van der Waals surface area (Å²) < 4.78 is 13.3. The molecule has 10 nitrogen and oxygen atoms in total. The molecule has 2 aromatic heterocycles. The maximum atomic E-state index is 12.5. The van der Waals surface area contributed by atoms with E-state index in [4.69, 9.17) is 21.1 Å². The van der Waals surface area contributed by atoms with Crippen LogP contribution in [0, 0.1) is 11.3 Å². The van der Waals surface area contributed by atoms with Crippen LogP contribution in [0.25, 0.3) is 11.0 Å². The van der Waals surface area contributed by atoms with Gasteiger partial charge in [0.05, 0.1) is 23.8 Å². The third kappa shape index (κ3) is 4.46. The topological polar surface area (TPSA) is 141 Å². The number of benzene rings is 1. The first-order valence-corrected chi connectivity index (χ1v) is 10.9. The van der Waals surface area contributed by atoms with Gasteiger partial charge in [0.25, 0.3) is 0 Å². The van der Waals surface area contributed by atoms with E-state index in [9.17, 15) is 24.6 Å². The molecule has 2 N–H and O–H groups in total. The first-order valence-electron chi connectivity index (χ1n) is 10.5. The number of hydrogen-bond acceptors (Lipinski definition) is 7. The number of carboxylic acids is 2. The quantitative estimate of drug-likeness (QED) is 0.361. The largest absolute Gasteiger partial charge is 0.481 e. The van der Waals surface area contributed by atoms with Gasteiger partial charge in [-0.1, -0.05) is 36.7 Å². The van der Waals surface area contributed by atoms with Crippen LogP contribution in [-0.4, -0.2) is 55.4 Å². The highest BCUT2D eigenvalue weighted by Gasteiger charge is 2.56. The van der Waals surface area contributed by atoms with Crippen molar-refractivity contribution in [3.05, 3.63) is 59.6 Å². The average Bonchev–Trinajstić information content (AvgIpc) is 3.32. The van der Waals surface area contributed by atoms with Gasteiger partial charge >= 0.3 is 17.9 Å². The number of halogens is 1. The Kier molecular flexibility index (Phi) is 6.54. The minimum atomic E-state index is -1.17. The molecule has 1 aliphatic rings. The molecule has 0 saturated carbocycles. The maximum Gasteiger partial charge on any atom is 0.338 e. The molecule has 4 rings (SSSR count). The zero-order valence-corrected chi connectivity index (χ0v) is 18.9. The Morgan fingerprint density at radius 3 is 2.56 bits per heavy atom. The molecule has 0 unspecified atom stereocenters. The molecule has 1 aromatic carbocycles. The molecule has 0 bridgehead atoms. The summed E-state index contributed by atoms with van der Waals surface area (Å²) in [7, 11) is 0. The van der Waals surface area contributed by atoms with Gasteiger partial charge in [0.1, 0.15) is 36.1 Å². The van der Waals surface area contributed by atoms with E-state index in [-0.39, 0.29) is 24.6 Å². The van der Waals surface area contributed by atoms with Crippen molar-refractivity contribution in [3.8, 4) is 0 Å². The molecule has 1 saturated heterocycles. The highest BCUT2D eigenvalue weighted by Crippen LogP contribution is 2.53. The normalized spacial score (nSPS) is 24.2. The van der Waals surface area contributed by atoms with E-state index in [0.717, 1.165) is 0 Å². The van der Waals surface area contributed by atoms with Gasteiger partial charge in [-0.15, -0.1) is 0 Å². The van der Waals surface area contributed by atoms with Gasteiger partial charge in [-0.3, -0.25) is 9.59 Å². The minimum absolute atomic E-state index is 0.221. The van der Waals surface area contributed by atoms with Gasteiger partial charge in [0.2, 0.25) is 0 Å². The van der Waals surface area contributed by atoms with Crippen molar-refractivity contribution >= 4 is 40.5 Å². The molecule has 34 heavy (non-hydrogen) atoms. The average molecular weight is 488 g/mol. The van der Waals surface area contributed by atoms with Crippen LogP contribution in [0.1, 0.15) is 36.4 Å². The first-order chi connectivity index (χ1) is 16.2. The Balaban J connectivity index is 1.70. The van der Waals surface area contributed by atoms with Gasteiger partial charge in [-0.25, -0.2) is 14.8 Å². The summed E-state index contributed by atoms with van der Waals surface area (Å²) in [6.45, 7) is 1.39. The number of nitrogens with zero attached hydrogens (tertiary/aromatic N) is 3. The predicted molar refractivity (Wildman–Crippen MR) is 119 cm³/mol. The summed E-state index contributed by atoms with van der Waals surface area (Å²) in [5.74, 6) is -3.59. The van der Waals surface area contributed by atoms with E-state index in [2.05, 4.69) is 9.97 Å². The highest BCUT2D eigenvalue weighted by molar-refractivity contribution is 6.33. The molecule has 3 heterocycles. The monoisotopic (exact) mass is 487 g/mol. The Labute approximate surface area is 199 Å². The van der Waals surface area contributed by atoms with E-state index in [1.807, 2.05) is 0 Å². The number of fused-ring (bicyclic) bond motifs is 1. The Bertz CT molecular complexity index is 1230. The predicted octanol–water partition coefficient (Wildman–Crippen LogP) is 3.41. The molecule has 3 aromatic rings.